The number of piperazine rings is 1. The third kappa shape index (κ3) is 2.30. The molecule has 0 radical (unpaired) electrons. The third-order valence-electron chi connectivity index (χ3n) is 4.64. The molecule has 2 saturated heterocycles. The molecule has 3 rings (SSSR count). The minimum absolute atomic E-state index is 0.0993. The number of hydrogen-bond acceptors (Lipinski definition) is 3. The molecule has 3 heterocycles. The average molecular weight is 287 g/mol. The van der Waals surface area contributed by atoms with Crippen molar-refractivity contribution in [2.45, 2.75) is 51.7 Å². The summed E-state index contributed by atoms with van der Waals surface area (Å²) in [5, 5.41) is 0. The van der Waals surface area contributed by atoms with Gasteiger partial charge in [-0.05, 0) is 43.4 Å². The van der Waals surface area contributed by atoms with Crippen LogP contribution < -0.4 is 0 Å². The summed E-state index contributed by atoms with van der Waals surface area (Å²) in [7, 11) is 0. The van der Waals surface area contributed by atoms with Gasteiger partial charge >= 0.3 is 0 Å². The molecule has 112 valence electrons. The van der Waals surface area contributed by atoms with Crippen molar-refractivity contribution in [2.75, 3.05) is 6.54 Å². The molecule has 0 N–H and O–H groups in total. The molecular formula is C16H21N3O2. The van der Waals surface area contributed by atoms with E-state index in [4.69, 9.17) is 0 Å². The summed E-state index contributed by atoms with van der Waals surface area (Å²) in [4.78, 5) is 33.0. The second kappa shape index (κ2) is 5.47. The number of aryl methyl sites for hydroxylation is 1. The fourth-order valence-corrected chi connectivity index (χ4v) is 3.39. The maximum absolute atomic E-state index is 12.7. The summed E-state index contributed by atoms with van der Waals surface area (Å²) < 4.78 is 0. The van der Waals surface area contributed by atoms with Crippen LogP contribution in [0.3, 0.4) is 0 Å². The summed E-state index contributed by atoms with van der Waals surface area (Å²) >= 11 is 0. The van der Waals surface area contributed by atoms with E-state index < -0.39 is 0 Å². The van der Waals surface area contributed by atoms with E-state index in [1.807, 2.05) is 19.9 Å². The Kier molecular flexibility index (Phi) is 3.66. The number of carbonyl (C=O) groups excluding carboxylic acids is 2. The van der Waals surface area contributed by atoms with E-state index >= 15 is 0 Å². The summed E-state index contributed by atoms with van der Waals surface area (Å²) in [5.74, 6) is 0.211. The van der Waals surface area contributed by atoms with Crippen molar-refractivity contribution in [2.24, 2.45) is 0 Å². The van der Waals surface area contributed by atoms with Crippen LogP contribution in [0.4, 0.5) is 0 Å². The molecule has 0 aliphatic carbocycles. The highest BCUT2D eigenvalue weighted by atomic mass is 16.2. The van der Waals surface area contributed by atoms with Gasteiger partial charge in [-0.25, -0.2) is 0 Å². The monoisotopic (exact) mass is 287 g/mol. The molecule has 2 atom stereocenters. The summed E-state index contributed by atoms with van der Waals surface area (Å²) in [6, 6.07) is 1.37. The van der Waals surface area contributed by atoms with Crippen molar-refractivity contribution in [3.05, 3.63) is 29.6 Å². The zero-order valence-electron chi connectivity index (χ0n) is 12.6. The lowest BCUT2D eigenvalue weighted by Crippen LogP contribution is -2.62. The first-order valence-electron chi connectivity index (χ1n) is 7.64. The fraction of sp³-hybridized carbons (Fsp3) is 0.562. The topological polar surface area (TPSA) is 53.5 Å². The smallest absolute Gasteiger partial charge is 0.246 e. The second-order valence-electron chi connectivity index (χ2n) is 5.88. The molecule has 5 nitrogen and oxygen atoms in total. The van der Waals surface area contributed by atoms with E-state index in [0.29, 0.717) is 13.0 Å². The Balaban J connectivity index is 1.90. The standard InChI is InChI=1S/C16H21N3O2/c1-3-13-15(20)18-8-4-5-14(18)16(21)19(13)10-12-9-17-7-6-11(12)2/h6-7,9,13-14H,3-5,8,10H2,1-2H3. The van der Waals surface area contributed by atoms with Crippen molar-refractivity contribution < 1.29 is 9.59 Å². The van der Waals surface area contributed by atoms with Crippen LogP contribution in [0.1, 0.15) is 37.3 Å². The highest BCUT2D eigenvalue weighted by Crippen LogP contribution is 2.29. The minimum Gasteiger partial charge on any atom is -0.329 e. The Morgan fingerprint density at radius 3 is 2.86 bits per heavy atom. The van der Waals surface area contributed by atoms with E-state index in [1.165, 1.54) is 0 Å². The van der Waals surface area contributed by atoms with Crippen LogP contribution in [0.2, 0.25) is 0 Å². The van der Waals surface area contributed by atoms with Gasteiger partial charge in [-0.1, -0.05) is 6.92 Å². The highest BCUT2D eigenvalue weighted by molar-refractivity contribution is 5.97. The number of carbonyl (C=O) groups is 2. The largest absolute Gasteiger partial charge is 0.329 e. The molecule has 0 spiro atoms. The van der Waals surface area contributed by atoms with Gasteiger partial charge in [0.25, 0.3) is 0 Å². The van der Waals surface area contributed by atoms with Crippen LogP contribution in [0.25, 0.3) is 0 Å². The first kappa shape index (κ1) is 14.0. The van der Waals surface area contributed by atoms with Crippen LogP contribution in [0.15, 0.2) is 18.5 Å². The van der Waals surface area contributed by atoms with Crippen molar-refractivity contribution in [1.82, 2.24) is 14.8 Å². The lowest BCUT2D eigenvalue weighted by atomic mass is 10.0. The van der Waals surface area contributed by atoms with Crippen molar-refractivity contribution in [1.29, 1.82) is 0 Å². The molecule has 0 bridgehead atoms. The van der Waals surface area contributed by atoms with Gasteiger partial charge in [0.1, 0.15) is 12.1 Å². The maximum Gasteiger partial charge on any atom is 0.246 e. The molecule has 1 aromatic heterocycles. The lowest BCUT2D eigenvalue weighted by Gasteiger charge is -2.42. The minimum atomic E-state index is -0.327. The molecule has 0 aromatic carbocycles. The van der Waals surface area contributed by atoms with Crippen LogP contribution in [0, 0.1) is 6.92 Å². The third-order valence-corrected chi connectivity index (χ3v) is 4.64. The molecule has 2 aliphatic rings. The Morgan fingerprint density at radius 2 is 2.14 bits per heavy atom. The Labute approximate surface area is 124 Å². The second-order valence-corrected chi connectivity index (χ2v) is 5.88. The number of amides is 2. The zero-order valence-corrected chi connectivity index (χ0v) is 12.6. The molecule has 2 amide bonds. The number of rotatable bonds is 3. The van der Waals surface area contributed by atoms with Gasteiger partial charge in [0.2, 0.25) is 11.8 Å². The predicted molar refractivity (Wildman–Crippen MR) is 78.3 cm³/mol. The molecule has 2 fully saturated rings. The summed E-state index contributed by atoms with van der Waals surface area (Å²) in [6.07, 6.45) is 5.92. The van der Waals surface area contributed by atoms with Crippen LogP contribution in [-0.2, 0) is 16.1 Å². The van der Waals surface area contributed by atoms with Gasteiger partial charge in [-0.2, -0.15) is 0 Å². The summed E-state index contributed by atoms with van der Waals surface area (Å²) in [6.45, 7) is 5.18. The first-order valence-corrected chi connectivity index (χ1v) is 7.64. The number of aromatic nitrogens is 1. The maximum atomic E-state index is 12.7. The molecular weight excluding hydrogens is 266 g/mol. The summed E-state index contributed by atoms with van der Waals surface area (Å²) in [5.41, 5.74) is 2.12. The van der Waals surface area contributed by atoms with E-state index in [-0.39, 0.29) is 23.9 Å². The average Bonchev–Trinajstić information content (AvgIpc) is 2.97. The zero-order chi connectivity index (χ0) is 15.0. The number of pyridine rings is 1. The normalized spacial score (nSPS) is 25.4. The van der Waals surface area contributed by atoms with Gasteiger partial charge in [0.05, 0.1) is 0 Å². The fourth-order valence-electron chi connectivity index (χ4n) is 3.39. The van der Waals surface area contributed by atoms with Crippen molar-refractivity contribution in [3.63, 3.8) is 0 Å². The van der Waals surface area contributed by atoms with Crippen LogP contribution >= 0.6 is 0 Å². The Morgan fingerprint density at radius 1 is 1.33 bits per heavy atom. The van der Waals surface area contributed by atoms with E-state index in [1.54, 1.807) is 22.2 Å². The number of nitrogens with zero attached hydrogens (tertiary/aromatic N) is 3. The number of fused-ring (bicyclic) bond motifs is 1. The van der Waals surface area contributed by atoms with Crippen LogP contribution in [0.5, 0.6) is 0 Å². The van der Waals surface area contributed by atoms with E-state index in [0.717, 1.165) is 30.5 Å². The van der Waals surface area contributed by atoms with Gasteiger partial charge in [-0.15, -0.1) is 0 Å². The molecule has 0 saturated carbocycles. The van der Waals surface area contributed by atoms with E-state index in [9.17, 15) is 9.59 Å². The van der Waals surface area contributed by atoms with E-state index in [2.05, 4.69) is 4.98 Å². The highest BCUT2D eigenvalue weighted by Gasteiger charge is 2.46. The lowest BCUT2D eigenvalue weighted by molar-refractivity contribution is -0.160. The first-order chi connectivity index (χ1) is 10.1. The van der Waals surface area contributed by atoms with Gasteiger partial charge in [-0.3, -0.25) is 14.6 Å². The van der Waals surface area contributed by atoms with Gasteiger partial charge in [0, 0.05) is 25.5 Å². The SMILES string of the molecule is CCC1C(=O)N2CCCC2C(=O)N1Cc1cnccc1C. The van der Waals surface area contributed by atoms with Gasteiger partial charge < -0.3 is 9.80 Å². The Bertz CT molecular complexity index is 572. The molecule has 1 aromatic rings. The van der Waals surface area contributed by atoms with Crippen molar-refractivity contribution >= 4 is 11.8 Å². The Hall–Kier alpha value is -1.91. The van der Waals surface area contributed by atoms with Crippen LogP contribution in [-0.4, -0.2) is 45.2 Å². The molecule has 2 aliphatic heterocycles. The molecule has 5 heteroatoms. The van der Waals surface area contributed by atoms with Gasteiger partial charge in [0.15, 0.2) is 0 Å². The van der Waals surface area contributed by atoms with Crippen molar-refractivity contribution in [3.8, 4) is 0 Å². The molecule has 21 heavy (non-hydrogen) atoms. The quantitative estimate of drug-likeness (QED) is 0.846. The number of hydrogen-bond donors (Lipinski definition) is 0. The predicted octanol–water partition coefficient (Wildman–Crippen LogP) is 1.50. The molecule has 2 unspecified atom stereocenters.